The fraction of sp³-hybridized carbons (Fsp3) is 0.256. The fourth-order valence-electron chi connectivity index (χ4n) is 6.21. The molecule has 2 aromatic heterocycles. The van der Waals surface area contributed by atoms with Gasteiger partial charge in [-0.3, -0.25) is 9.36 Å². The van der Waals surface area contributed by atoms with Gasteiger partial charge in [-0.1, -0.05) is 80.7 Å². The fourth-order valence-corrected chi connectivity index (χ4v) is 8.39. The van der Waals surface area contributed by atoms with Crippen molar-refractivity contribution in [2.45, 2.75) is 64.5 Å². The van der Waals surface area contributed by atoms with Crippen LogP contribution in [0.3, 0.4) is 0 Å². The van der Waals surface area contributed by atoms with E-state index in [0.29, 0.717) is 51.7 Å². The molecule has 0 aliphatic heterocycles. The van der Waals surface area contributed by atoms with Crippen LogP contribution in [0.5, 0.6) is 0 Å². The molecule has 0 atom stereocenters. The second-order valence-electron chi connectivity index (χ2n) is 13.7. The number of benzene rings is 4. The molecule has 4 aromatic carbocycles. The molecule has 0 fully saturated rings. The Morgan fingerprint density at radius 1 is 0.980 bits per heavy atom. The van der Waals surface area contributed by atoms with Crippen LogP contribution in [0, 0.1) is 25.2 Å². The van der Waals surface area contributed by atoms with E-state index >= 15 is 4.79 Å². The number of hydrogen-bond acceptors (Lipinski definition) is 6. The highest BCUT2D eigenvalue weighted by Crippen LogP contribution is 2.40. The molecule has 0 aliphatic carbocycles. The molecule has 0 saturated carbocycles. The lowest BCUT2D eigenvalue weighted by Gasteiger charge is -2.17. The molecule has 0 amide bonds. The van der Waals surface area contributed by atoms with Gasteiger partial charge in [0, 0.05) is 37.4 Å². The van der Waals surface area contributed by atoms with Gasteiger partial charge in [0.25, 0.3) is 10.0 Å². The number of rotatable bonds is 11. The molecule has 6 rings (SSSR count). The standard InChI is InChI=1S/C39H40N4O4SSi/c1-7-29-21-27(3)37-36(32(30-11-9-8-10-12-30)24-43(37)48(45,46)31-16-13-26(2)14-17-31)35(29)38(44)39-41-33-22-28(23-40)15-18-34(33)42(39)25-47-19-20-49(4,5)6/h8-18,21-22,24H,7,19-20,25H2,1-6H3. The number of nitriles is 1. The van der Waals surface area contributed by atoms with Gasteiger partial charge in [0.2, 0.25) is 5.78 Å². The van der Waals surface area contributed by atoms with Gasteiger partial charge < -0.3 is 4.74 Å². The molecule has 2 heterocycles. The summed E-state index contributed by atoms with van der Waals surface area (Å²) in [6, 6.07) is 26.5. The SMILES string of the molecule is CCc1cc(C)c2c(c(-c3ccccc3)cn2S(=O)(=O)c2ccc(C)cc2)c1C(=O)c1nc2cc(C#N)ccc2n1COCC[Si](C)(C)C. The molecule has 10 heteroatoms. The minimum atomic E-state index is -4.04. The number of carbonyl (C=O) groups is 1. The van der Waals surface area contributed by atoms with Crippen molar-refractivity contribution >= 4 is 45.8 Å². The van der Waals surface area contributed by atoms with Crippen molar-refractivity contribution in [3.05, 3.63) is 119 Å². The minimum Gasteiger partial charge on any atom is -0.361 e. The van der Waals surface area contributed by atoms with Crippen molar-refractivity contribution in [1.29, 1.82) is 5.26 Å². The maximum Gasteiger partial charge on any atom is 0.268 e. The third-order valence-corrected chi connectivity index (χ3v) is 12.3. The highest BCUT2D eigenvalue weighted by atomic mass is 32.2. The van der Waals surface area contributed by atoms with Gasteiger partial charge in [0.1, 0.15) is 6.73 Å². The topological polar surface area (TPSA) is 107 Å². The van der Waals surface area contributed by atoms with E-state index in [2.05, 4.69) is 25.7 Å². The van der Waals surface area contributed by atoms with Crippen LogP contribution in [0.25, 0.3) is 33.1 Å². The van der Waals surface area contributed by atoms with Crippen molar-refractivity contribution in [1.82, 2.24) is 13.5 Å². The quantitative estimate of drug-likeness (QED) is 0.0768. The molecule has 0 spiro atoms. The Balaban J connectivity index is 1.63. The number of ether oxygens (including phenoxy) is 1. The van der Waals surface area contributed by atoms with Gasteiger partial charge in [0.15, 0.2) is 5.82 Å². The van der Waals surface area contributed by atoms with E-state index in [1.807, 2.05) is 57.2 Å². The summed E-state index contributed by atoms with van der Waals surface area (Å²) in [5.74, 6) is -0.167. The van der Waals surface area contributed by atoms with Gasteiger partial charge >= 0.3 is 0 Å². The zero-order chi connectivity index (χ0) is 35.1. The molecule has 0 aliphatic rings. The summed E-state index contributed by atoms with van der Waals surface area (Å²) in [5.41, 5.74) is 6.37. The summed E-state index contributed by atoms with van der Waals surface area (Å²) in [5, 5.41) is 10.2. The van der Waals surface area contributed by atoms with E-state index in [-0.39, 0.29) is 23.2 Å². The molecule has 6 aromatic rings. The second kappa shape index (κ2) is 13.2. The molecular formula is C39H40N4O4SSi. The van der Waals surface area contributed by atoms with Gasteiger partial charge in [-0.15, -0.1) is 0 Å². The van der Waals surface area contributed by atoms with E-state index in [9.17, 15) is 13.7 Å². The summed E-state index contributed by atoms with van der Waals surface area (Å²) >= 11 is 0. The first kappa shape index (κ1) is 34.1. The Labute approximate surface area is 288 Å². The van der Waals surface area contributed by atoms with Crippen LogP contribution in [-0.4, -0.2) is 42.4 Å². The lowest BCUT2D eigenvalue weighted by Crippen LogP contribution is -2.22. The molecule has 0 N–H and O–H groups in total. The zero-order valence-corrected chi connectivity index (χ0v) is 30.6. The number of hydrogen-bond donors (Lipinski definition) is 0. The van der Waals surface area contributed by atoms with Crippen molar-refractivity contribution in [3.8, 4) is 17.2 Å². The van der Waals surface area contributed by atoms with Gasteiger partial charge in [-0.2, -0.15) is 5.26 Å². The summed E-state index contributed by atoms with van der Waals surface area (Å²) in [6.07, 6.45) is 2.17. The smallest absolute Gasteiger partial charge is 0.268 e. The third kappa shape index (κ3) is 6.49. The average Bonchev–Trinajstić information content (AvgIpc) is 3.66. The van der Waals surface area contributed by atoms with Crippen LogP contribution < -0.4 is 0 Å². The maximum absolute atomic E-state index is 15.1. The van der Waals surface area contributed by atoms with Crippen LogP contribution >= 0.6 is 0 Å². The van der Waals surface area contributed by atoms with E-state index < -0.39 is 18.1 Å². The number of fused-ring (bicyclic) bond motifs is 2. The molecule has 0 bridgehead atoms. The normalized spacial score (nSPS) is 12.1. The lowest BCUT2D eigenvalue weighted by molar-refractivity contribution is 0.0835. The first-order chi connectivity index (χ1) is 23.3. The van der Waals surface area contributed by atoms with E-state index in [1.54, 1.807) is 53.2 Å². The van der Waals surface area contributed by atoms with Gasteiger partial charge in [-0.25, -0.2) is 17.4 Å². The van der Waals surface area contributed by atoms with Crippen molar-refractivity contribution in [3.63, 3.8) is 0 Å². The maximum atomic E-state index is 15.1. The monoisotopic (exact) mass is 688 g/mol. The highest BCUT2D eigenvalue weighted by molar-refractivity contribution is 7.90. The third-order valence-electron chi connectivity index (χ3n) is 8.88. The van der Waals surface area contributed by atoms with Crippen molar-refractivity contribution < 1.29 is 17.9 Å². The largest absolute Gasteiger partial charge is 0.361 e. The number of aryl methyl sites for hydroxylation is 3. The number of ketones is 1. The molecule has 49 heavy (non-hydrogen) atoms. The Kier molecular flexibility index (Phi) is 9.20. The summed E-state index contributed by atoms with van der Waals surface area (Å²) in [6.45, 7) is 13.3. The van der Waals surface area contributed by atoms with Crippen LogP contribution in [0.1, 0.15) is 45.4 Å². The predicted molar refractivity (Wildman–Crippen MR) is 197 cm³/mol. The zero-order valence-electron chi connectivity index (χ0n) is 28.7. The number of imidazole rings is 1. The Hall–Kier alpha value is -4.82. The molecule has 0 radical (unpaired) electrons. The Morgan fingerprint density at radius 2 is 1.69 bits per heavy atom. The molecule has 0 saturated heterocycles. The highest BCUT2D eigenvalue weighted by Gasteiger charge is 2.30. The first-order valence-electron chi connectivity index (χ1n) is 16.4. The number of aromatic nitrogens is 3. The molecular weight excluding hydrogens is 649 g/mol. The number of carbonyl (C=O) groups excluding carboxylic acids is 1. The summed E-state index contributed by atoms with van der Waals surface area (Å²) in [7, 11) is -5.41. The van der Waals surface area contributed by atoms with Crippen LogP contribution in [0.15, 0.2) is 90.0 Å². The van der Waals surface area contributed by atoms with Gasteiger partial charge in [-0.05, 0) is 73.3 Å². The van der Waals surface area contributed by atoms with Crippen LogP contribution in [0.4, 0.5) is 0 Å². The van der Waals surface area contributed by atoms with Gasteiger partial charge in [0.05, 0.1) is 33.1 Å². The second-order valence-corrected chi connectivity index (χ2v) is 21.1. The molecule has 0 unspecified atom stereocenters. The van der Waals surface area contributed by atoms with Crippen molar-refractivity contribution in [2.24, 2.45) is 0 Å². The van der Waals surface area contributed by atoms with Crippen LogP contribution in [0.2, 0.25) is 25.7 Å². The Morgan fingerprint density at radius 3 is 2.35 bits per heavy atom. The van der Waals surface area contributed by atoms with Crippen LogP contribution in [-0.2, 0) is 27.9 Å². The summed E-state index contributed by atoms with van der Waals surface area (Å²) < 4.78 is 37.9. The molecule has 8 nitrogen and oxygen atoms in total. The van der Waals surface area contributed by atoms with E-state index in [4.69, 9.17) is 9.72 Å². The Bertz CT molecular complexity index is 2360. The predicted octanol–water partition coefficient (Wildman–Crippen LogP) is 8.49. The van der Waals surface area contributed by atoms with E-state index in [1.165, 1.54) is 3.97 Å². The minimum absolute atomic E-state index is 0.110. The van der Waals surface area contributed by atoms with E-state index in [0.717, 1.165) is 28.3 Å². The number of nitrogens with zero attached hydrogens (tertiary/aromatic N) is 4. The summed E-state index contributed by atoms with van der Waals surface area (Å²) in [4.78, 5) is 20.1. The van der Waals surface area contributed by atoms with Crippen molar-refractivity contribution in [2.75, 3.05) is 6.61 Å². The average molecular weight is 689 g/mol. The molecule has 250 valence electrons. The lowest BCUT2D eigenvalue weighted by atomic mass is 9.91. The first-order valence-corrected chi connectivity index (χ1v) is 21.6.